The van der Waals surface area contributed by atoms with Crippen molar-refractivity contribution in [1.82, 2.24) is 0 Å². The molecule has 0 radical (unpaired) electrons. The maximum absolute atomic E-state index is 11.6. The summed E-state index contributed by atoms with van der Waals surface area (Å²) in [4.78, 5) is 11.0. The van der Waals surface area contributed by atoms with Crippen LogP contribution in [0.1, 0.15) is 39.0 Å². The van der Waals surface area contributed by atoms with E-state index in [1.807, 2.05) is 6.92 Å². The van der Waals surface area contributed by atoms with E-state index in [9.17, 15) is 9.00 Å². The molecule has 0 amide bonds. The molecule has 1 rings (SSSR count). The van der Waals surface area contributed by atoms with E-state index in [1.165, 1.54) is 0 Å². The van der Waals surface area contributed by atoms with Crippen LogP contribution in [-0.2, 0) is 20.3 Å². The first-order valence-electron chi connectivity index (χ1n) is 5.70. The molecule has 2 unspecified atom stereocenters. The van der Waals surface area contributed by atoms with E-state index in [0.717, 1.165) is 25.9 Å². The van der Waals surface area contributed by atoms with Crippen molar-refractivity contribution in [2.45, 2.75) is 45.1 Å². The molecule has 88 valence electrons. The number of rotatable bonds is 7. The predicted molar refractivity (Wildman–Crippen MR) is 61.4 cm³/mol. The van der Waals surface area contributed by atoms with Crippen molar-refractivity contribution in [3.63, 3.8) is 0 Å². The lowest BCUT2D eigenvalue weighted by Gasteiger charge is -2.08. The van der Waals surface area contributed by atoms with E-state index in [1.54, 1.807) is 0 Å². The van der Waals surface area contributed by atoms with Crippen LogP contribution in [0.3, 0.4) is 0 Å². The summed E-state index contributed by atoms with van der Waals surface area (Å²) in [6.07, 6.45) is 4.27. The average molecular weight is 232 g/mol. The van der Waals surface area contributed by atoms with Crippen LogP contribution in [-0.4, -0.2) is 34.2 Å². The fourth-order valence-corrected chi connectivity index (χ4v) is 2.98. The van der Waals surface area contributed by atoms with Crippen molar-refractivity contribution in [1.29, 1.82) is 0 Å². The van der Waals surface area contributed by atoms with Gasteiger partial charge < -0.3 is 4.74 Å². The van der Waals surface area contributed by atoms with Crippen molar-refractivity contribution < 1.29 is 13.7 Å². The molecule has 0 aromatic heterocycles. The summed E-state index contributed by atoms with van der Waals surface area (Å²) in [5, 5.41) is 0. The maximum Gasteiger partial charge on any atom is 0.132 e. The van der Waals surface area contributed by atoms with Crippen LogP contribution >= 0.6 is 0 Å². The Hall–Kier alpha value is -0.220. The standard InChI is InChI=1S/C11H20O3S/c1-2-10(12)5-4-8-15(13)9-11-6-3-7-14-11/h11H,2-9H2,1H3. The molecule has 0 aliphatic carbocycles. The van der Waals surface area contributed by atoms with Gasteiger partial charge in [-0.15, -0.1) is 0 Å². The summed E-state index contributed by atoms with van der Waals surface area (Å²) in [6, 6.07) is 0. The minimum absolute atomic E-state index is 0.202. The molecule has 1 aliphatic heterocycles. The monoisotopic (exact) mass is 232 g/mol. The van der Waals surface area contributed by atoms with Crippen LogP contribution in [0.15, 0.2) is 0 Å². The Morgan fingerprint density at radius 1 is 1.53 bits per heavy atom. The topological polar surface area (TPSA) is 43.4 Å². The van der Waals surface area contributed by atoms with E-state index >= 15 is 0 Å². The average Bonchev–Trinajstić information content (AvgIpc) is 2.70. The minimum Gasteiger partial charge on any atom is -0.377 e. The van der Waals surface area contributed by atoms with Gasteiger partial charge in [0.1, 0.15) is 5.78 Å². The molecule has 0 N–H and O–H groups in total. The Labute approximate surface area is 94.0 Å². The maximum atomic E-state index is 11.6. The molecule has 2 atom stereocenters. The highest BCUT2D eigenvalue weighted by molar-refractivity contribution is 7.85. The summed E-state index contributed by atoms with van der Waals surface area (Å²) >= 11 is 0. The lowest BCUT2D eigenvalue weighted by atomic mass is 10.2. The second kappa shape index (κ2) is 7.12. The molecule has 1 aliphatic rings. The van der Waals surface area contributed by atoms with Gasteiger partial charge >= 0.3 is 0 Å². The Bertz CT molecular complexity index is 222. The van der Waals surface area contributed by atoms with E-state index in [2.05, 4.69) is 0 Å². The normalized spacial score (nSPS) is 22.9. The molecule has 1 heterocycles. The molecular formula is C11H20O3S. The molecule has 3 nitrogen and oxygen atoms in total. The van der Waals surface area contributed by atoms with Crippen molar-refractivity contribution in [3.05, 3.63) is 0 Å². The van der Waals surface area contributed by atoms with Crippen LogP contribution < -0.4 is 0 Å². The van der Waals surface area contributed by atoms with Gasteiger partial charge in [0.05, 0.1) is 6.10 Å². The highest BCUT2D eigenvalue weighted by Gasteiger charge is 2.17. The van der Waals surface area contributed by atoms with Gasteiger partial charge in [-0.2, -0.15) is 0 Å². The van der Waals surface area contributed by atoms with Gasteiger partial charge in [-0.1, -0.05) is 6.92 Å². The zero-order chi connectivity index (χ0) is 11.1. The molecule has 0 aromatic carbocycles. The first-order chi connectivity index (χ1) is 7.22. The number of carbonyl (C=O) groups is 1. The number of Topliss-reactive ketones (excluding diaryl/α,β-unsaturated/α-hetero) is 1. The van der Waals surface area contributed by atoms with Crippen LogP contribution in [0.25, 0.3) is 0 Å². The molecular weight excluding hydrogens is 212 g/mol. The number of hydrogen-bond acceptors (Lipinski definition) is 3. The van der Waals surface area contributed by atoms with Crippen molar-refractivity contribution in [2.75, 3.05) is 18.1 Å². The van der Waals surface area contributed by atoms with Gasteiger partial charge in [-0.05, 0) is 19.3 Å². The third-order valence-electron chi connectivity index (χ3n) is 2.62. The van der Waals surface area contributed by atoms with Crippen molar-refractivity contribution in [3.8, 4) is 0 Å². The van der Waals surface area contributed by atoms with Gasteiger partial charge in [-0.3, -0.25) is 9.00 Å². The summed E-state index contributed by atoms with van der Waals surface area (Å²) in [7, 11) is -0.805. The lowest BCUT2D eigenvalue weighted by molar-refractivity contribution is -0.118. The molecule has 1 saturated heterocycles. The quantitative estimate of drug-likeness (QED) is 0.670. The second-order valence-electron chi connectivity index (χ2n) is 3.94. The van der Waals surface area contributed by atoms with Gasteiger partial charge in [0.15, 0.2) is 0 Å². The molecule has 0 aromatic rings. The van der Waals surface area contributed by atoms with Crippen LogP contribution in [0.2, 0.25) is 0 Å². The zero-order valence-electron chi connectivity index (χ0n) is 9.37. The van der Waals surface area contributed by atoms with Gasteiger partial charge in [-0.25, -0.2) is 0 Å². The number of hydrogen-bond donors (Lipinski definition) is 0. The fourth-order valence-electron chi connectivity index (χ4n) is 1.67. The van der Waals surface area contributed by atoms with E-state index in [4.69, 9.17) is 4.74 Å². The fraction of sp³-hybridized carbons (Fsp3) is 0.909. The zero-order valence-corrected chi connectivity index (χ0v) is 10.2. The third-order valence-corrected chi connectivity index (χ3v) is 4.11. The van der Waals surface area contributed by atoms with Gasteiger partial charge in [0.25, 0.3) is 0 Å². The highest BCUT2D eigenvalue weighted by Crippen LogP contribution is 2.13. The second-order valence-corrected chi connectivity index (χ2v) is 5.56. The van der Waals surface area contributed by atoms with Crippen molar-refractivity contribution >= 4 is 16.6 Å². The molecule has 1 fully saturated rings. The van der Waals surface area contributed by atoms with Gasteiger partial charge in [0.2, 0.25) is 0 Å². The summed E-state index contributed by atoms with van der Waals surface area (Å²) in [6.45, 7) is 2.68. The summed E-state index contributed by atoms with van der Waals surface area (Å²) < 4.78 is 17.0. The van der Waals surface area contributed by atoms with Crippen LogP contribution in [0.4, 0.5) is 0 Å². The minimum atomic E-state index is -0.805. The van der Waals surface area contributed by atoms with Crippen LogP contribution in [0, 0.1) is 0 Å². The molecule has 4 heteroatoms. The number of ketones is 1. The largest absolute Gasteiger partial charge is 0.377 e. The van der Waals surface area contributed by atoms with E-state index < -0.39 is 10.8 Å². The van der Waals surface area contributed by atoms with Crippen LogP contribution in [0.5, 0.6) is 0 Å². The summed E-state index contributed by atoms with van der Waals surface area (Å²) in [5.41, 5.74) is 0. The first kappa shape index (κ1) is 12.8. The number of ether oxygens (including phenoxy) is 1. The van der Waals surface area contributed by atoms with Crippen molar-refractivity contribution in [2.24, 2.45) is 0 Å². The highest BCUT2D eigenvalue weighted by atomic mass is 32.2. The van der Waals surface area contributed by atoms with E-state index in [-0.39, 0.29) is 11.9 Å². The molecule has 0 bridgehead atoms. The molecule has 0 spiro atoms. The first-order valence-corrected chi connectivity index (χ1v) is 7.19. The smallest absolute Gasteiger partial charge is 0.132 e. The Morgan fingerprint density at radius 2 is 2.33 bits per heavy atom. The number of carbonyl (C=O) groups excluding carboxylic acids is 1. The van der Waals surface area contributed by atoms with Gasteiger partial charge in [0, 0.05) is 41.8 Å². The molecule has 15 heavy (non-hydrogen) atoms. The Kier molecular flexibility index (Phi) is 6.10. The third kappa shape index (κ3) is 5.42. The summed E-state index contributed by atoms with van der Waals surface area (Å²) in [5.74, 6) is 1.57. The Balaban J connectivity index is 2.05. The SMILES string of the molecule is CCC(=O)CCCS(=O)CC1CCCO1. The predicted octanol–water partition coefficient (Wildman–Crippen LogP) is 1.67. The Morgan fingerprint density at radius 3 is 2.93 bits per heavy atom. The lowest BCUT2D eigenvalue weighted by Crippen LogP contribution is -2.17. The molecule has 0 saturated carbocycles. The van der Waals surface area contributed by atoms with E-state index in [0.29, 0.717) is 24.3 Å².